The van der Waals surface area contributed by atoms with Crippen LogP contribution in [0.25, 0.3) is 0 Å². The molecule has 0 aliphatic carbocycles. The van der Waals surface area contributed by atoms with Crippen molar-refractivity contribution in [2.75, 3.05) is 17.7 Å². The lowest BCUT2D eigenvalue weighted by molar-refractivity contribution is 0.102. The number of ether oxygens (including phenoxy) is 1. The van der Waals surface area contributed by atoms with Crippen molar-refractivity contribution in [2.45, 2.75) is 0 Å². The maximum atomic E-state index is 12.6. The summed E-state index contributed by atoms with van der Waals surface area (Å²) in [6.07, 6.45) is 4.63. The molecule has 0 aliphatic heterocycles. The molecule has 3 N–H and O–H groups in total. The third kappa shape index (κ3) is 4.04. The number of carbonyl (C=O) groups is 1. The first-order valence-electron chi connectivity index (χ1n) is 7.54. The van der Waals surface area contributed by atoms with E-state index in [1.54, 1.807) is 24.1 Å². The standard InChI is InChI=1S/C16H14Cl2N6O3/c1-24-7-8(5-20-24)21-16-19-6-9(15(23-16)27-2)14(26)22-13-10(17)3-4-11(25)12(13)18/h3-7,25H,1-2H3,(H,22,26)(H,19,21,23). The number of aromatic nitrogens is 4. The van der Waals surface area contributed by atoms with Crippen molar-refractivity contribution >= 4 is 46.4 Å². The fourth-order valence-electron chi connectivity index (χ4n) is 2.19. The zero-order valence-corrected chi connectivity index (χ0v) is 15.7. The van der Waals surface area contributed by atoms with Crippen molar-refractivity contribution in [1.29, 1.82) is 0 Å². The third-order valence-corrected chi connectivity index (χ3v) is 4.16. The molecule has 27 heavy (non-hydrogen) atoms. The Balaban J connectivity index is 1.86. The Morgan fingerprint density at radius 1 is 1.30 bits per heavy atom. The minimum absolute atomic E-state index is 0.0429. The van der Waals surface area contributed by atoms with Gasteiger partial charge in [-0.2, -0.15) is 10.1 Å². The number of methoxy groups -OCH3 is 1. The van der Waals surface area contributed by atoms with Crippen LogP contribution in [0.4, 0.5) is 17.3 Å². The summed E-state index contributed by atoms with van der Waals surface area (Å²) in [5.41, 5.74) is 0.808. The Labute approximate surface area is 163 Å². The Hall–Kier alpha value is -3.04. The first-order valence-corrected chi connectivity index (χ1v) is 8.29. The number of phenols is 1. The number of nitrogens with one attached hydrogen (secondary N) is 2. The predicted molar refractivity (Wildman–Crippen MR) is 101 cm³/mol. The molecule has 0 aliphatic rings. The molecule has 0 bridgehead atoms. The Bertz CT molecular complexity index is 1010. The summed E-state index contributed by atoms with van der Waals surface area (Å²) in [6.45, 7) is 0. The Morgan fingerprint density at radius 2 is 2.07 bits per heavy atom. The molecule has 11 heteroatoms. The highest BCUT2D eigenvalue weighted by atomic mass is 35.5. The molecule has 0 atom stereocenters. The highest BCUT2D eigenvalue weighted by Gasteiger charge is 2.19. The maximum absolute atomic E-state index is 12.6. The molecule has 140 valence electrons. The molecule has 0 saturated heterocycles. The first-order chi connectivity index (χ1) is 12.9. The lowest BCUT2D eigenvalue weighted by Gasteiger charge is -2.12. The summed E-state index contributed by atoms with van der Waals surface area (Å²) in [7, 11) is 3.15. The van der Waals surface area contributed by atoms with Crippen LogP contribution in [0.1, 0.15) is 10.4 Å². The van der Waals surface area contributed by atoms with Gasteiger partial charge in [-0.15, -0.1) is 0 Å². The van der Waals surface area contributed by atoms with E-state index in [1.165, 1.54) is 25.4 Å². The summed E-state index contributed by atoms with van der Waals surface area (Å²) >= 11 is 12.0. The number of benzene rings is 1. The van der Waals surface area contributed by atoms with Crippen LogP contribution in [-0.4, -0.2) is 37.9 Å². The van der Waals surface area contributed by atoms with E-state index >= 15 is 0 Å². The number of anilines is 3. The molecule has 3 rings (SSSR count). The zero-order valence-electron chi connectivity index (χ0n) is 14.2. The van der Waals surface area contributed by atoms with Crippen LogP contribution in [0.2, 0.25) is 10.0 Å². The van der Waals surface area contributed by atoms with Crippen molar-refractivity contribution in [2.24, 2.45) is 7.05 Å². The van der Waals surface area contributed by atoms with E-state index in [9.17, 15) is 9.90 Å². The molecular formula is C16H14Cl2N6O3. The second-order valence-electron chi connectivity index (χ2n) is 5.35. The fraction of sp³-hybridized carbons (Fsp3) is 0.125. The van der Waals surface area contributed by atoms with E-state index in [0.29, 0.717) is 5.69 Å². The average Bonchev–Trinajstić information content (AvgIpc) is 3.06. The van der Waals surface area contributed by atoms with E-state index < -0.39 is 5.91 Å². The molecule has 0 saturated carbocycles. The van der Waals surface area contributed by atoms with Crippen molar-refractivity contribution in [3.8, 4) is 11.6 Å². The van der Waals surface area contributed by atoms with Gasteiger partial charge in [0.05, 0.1) is 29.7 Å². The van der Waals surface area contributed by atoms with E-state index in [0.717, 1.165) is 0 Å². The Kier molecular flexibility index (Phi) is 5.33. The molecule has 9 nitrogen and oxygen atoms in total. The number of rotatable bonds is 5. The van der Waals surface area contributed by atoms with E-state index in [4.69, 9.17) is 27.9 Å². The molecule has 0 spiro atoms. The van der Waals surface area contributed by atoms with Crippen molar-refractivity contribution in [3.63, 3.8) is 0 Å². The van der Waals surface area contributed by atoms with Crippen LogP contribution < -0.4 is 15.4 Å². The van der Waals surface area contributed by atoms with Crippen molar-refractivity contribution < 1.29 is 14.6 Å². The average molecular weight is 409 g/mol. The summed E-state index contributed by atoms with van der Waals surface area (Å²) in [4.78, 5) is 20.8. The fourth-order valence-corrected chi connectivity index (χ4v) is 2.65. The molecule has 0 fully saturated rings. The number of nitrogens with zero attached hydrogens (tertiary/aromatic N) is 4. The number of amides is 1. The second-order valence-corrected chi connectivity index (χ2v) is 6.14. The van der Waals surface area contributed by atoms with Gasteiger partial charge in [0.1, 0.15) is 16.3 Å². The van der Waals surface area contributed by atoms with Crippen LogP contribution in [0.15, 0.2) is 30.7 Å². The van der Waals surface area contributed by atoms with Crippen molar-refractivity contribution in [1.82, 2.24) is 19.7 Å². The number of aryl methyl sites for hydroxylation is 1. The van der Waals surface area contributed by atoms with Crippen LogP contribution in [-0.2, 0) is 7.05 Å². The number of halogens is 2. The number of phenolic OH excluding ortho intramolecular Hbond substituents is 1. The Morgan fingerprint density at radius 3 is 2.74 bits per heavy atom. The van der Waals surface area contributed by atoms with Gasteiger partial charge in [-0.1, -0.05) is 23.2 Å². The van der Waals surface area contributed by atoms with Gasteiger partial charge in [0.25, 0.3) is 5.91 Å². The molecule has 1 amide bonds. The van der Waals surface area contributed by atoms with E-state index in [2.05, 4.69) is 25.7 Å². The highest BCUT2D eigenvalue weighted by Crippen LogP contribution is 2.37. The number of hydrogen-bond donors (Lipinski definition) is 3. The van der Waals surface area contributed by atoms with Gasteiger partial charge >= 0.3 is 0 Å². The quantitative estimate of drug-likeness (QED) is 0.593. The molecule has 0 unspecified atom stereocenters. The molecule has 2 heterocycles. The number of hydrogen-bond acceptors (Lipinski definition) is 7. The summed E-state index contributed by atoms with van der Waals surface area (Å²) in [5.74, 6) is -0.545. The number of aromatic hydroxyl groups is 1. The third-order valence-electron chi connectivity index (χ3n) is 3.46. The second kappa shape index (κ2) is 7.68. The molecule has 0 radical (unpaired) electrons. The van der Waals surface area contributed by atoms with Crippen molar-refractivity contribution in [3.05, 3.63) is 46.3 Å². The van der Waals surface area contributed by atoms with Crippen LogP contribution in [0.3, 0.4) is 0 Å². The monoisotopic (exact) mass is 408 g/mol. The first kappa shape index (κ1) is 18.7. The van der Waals surface area contributed by atoms with Crippen LogP contribution in [0, 0.1) is 0 Å². The summed E-state index contributed by atoms with van der Waals surface area (Å²) in [6, 6.07) is 2.73. The minimum Gasteiger partial charge on any atom is -0.506 e. The predicted octanol–water partition coefficient (Wildman–Crippen LogP) is 3.23. The van der Waals surface area contributed by atoms with E-state index in [-0.39, 0.29) is 38.9 Å². The maximum Gasteiger partial charge on any atom is 0.262 e. The summed E-state index contributed by atoms with van der Waals surface area (Å²) in [5, 5.41) is 19.3. The SMILES string of the molecule is COc1nc(Nc2cnn(C)c2)ncc1C(=O)Nc1c(Cl)ccc(O)c1Cl. The van der Waals surface area contributed by atoms with Gasteiger partial charge in [-0.3, -0.25) is 9.48 Å². The van der Waals surface area contributed by atoms with Gasteiger partial charge in [0.2, 0.25) is 11.8 Å². The van der Waals surface area contributed by atoms with Gasteiger partial charge < -0.3 is 20.5 Å². The lowest BCUT2D eigenvalue weighted by atomic mass is 10.2. The zero-order chi connectivity index (χ0) is 19.6. The summed E-state index contributed by atoms with van der Waals surface area (Å²) < 4.78 is 6.80. The number of carbonyl (C=O) groups excluding carboxylic acids is 1. The smallest absolute Gasteiger partial charge is 0.262 e. The van der Waals surface area contributed by atoms with Gasteiger partial charge in [-0.05, 0) is 12.1 Å². The largest absolute Gasteiger partial charge is 0.506 e. The van der Waals surface area contributed by atoms with E-state index in [1.807, 2.05) is 0 Å². The lowest BCUT2D eigenvalue weighted by Crippen LogP contribution is -2.15. The van der Waals surface area contributed by atoms with Crippen LogP contribution >= 0.6 is 23.2 Å². The van der Waals surface area contributed by atoms with Gasteiger partial charge in [0.15, 0.2) is 0 Å². The molecular weight excluding hydrogens is 395 g/mol. The topological polar surface area (TPSA) is 114 Å². The van der Waals surface area contributed by atoms with Gasteiger partial charge in [-0.25, -0.2) is 4.98 Å². The normalized spacial score (nSPS) is 10.5. The minimum atomic E-state index is -0.603. The molecule has 1 aromatic carbocycles. The molecule has 3 aromatic rings. The van der Waals surface area contributed by atoms with Gasteiger partial charge in [0, 0.05) is 19.4 Å². The molecule has 2 aromatic heterocycles. The van der Waals surface area contributed by atoms with Crippen LogP contribution in [0.5, 0.6) is 11.6 Å². The highest BCUT2D eigenvalue weighted by molar-refractivity contribution is 6.40.